The average molecular weight is 494 g/mol. The molecule has 0 radical (unpaired) electrons. The Morgan fingerprint density at radius 2 is 1.64 bits per heavy atom. The molecule has 188 valence electrons. The largest absolute Gasteiger partial charge is 0.463 e. The van der Waals surface area contributed by atoms with Crippen LogP contribution < -0.4 is 16.0 Å². The molecule has 0 saturated heterocycles. The second-order valence-electron chi connectivity index (χ2n) is 8.39. The lowest BCUT2D eigenvalue weighted by Crippen LogP contribution is -2.22. The minimum Gasteiger partial charge on any atom is -0.463 e. The van der Waals surface area contributed by atoms with Crippen molar-refractivity contribution in [2.24, 2.45) is 0 Å². The van der Waals surface area contributed by atoms with Crippen LogP contribution in [0.2, 0.25) is 0 Å². The van der Waals surface area contributed by atoms with Gasteiger partial charge in [-0.25, -0.2) is 4.79 Å². The molecule has 0 bridgehead atoms. The second kappa shape index (κ2) is 11.3. The van der Waals surface area contributed by atoms with E-state index >= 15 is 0 Å². The Hall–Kier alpha value is -4.41. The monoisotopic (exact) mass is 493 g/mol. The van der Waals surface area contributed by atoms with Crippen molar-refractivity contribution < 1.29 is 28.3 Å². The minimum atomic E-state index is -0.594. The molecule has 4 rings (SSSR count). The third-order valence-electron chi connectivity index (χ3n) is 5.81. The summed E-state index contributed by atoms with van der Waals surface area (Å²) in [5, 5.41) is 15.8. The maximum Gasteiger partial charge on any atom is 0.411 e. The van der Waals surface area contributed by atoms with Gasteiger partial charge in [-0.15, -0.1) is 5.10 Å². The van der Waals surface area contributed by atoms with E-state index in [0.717, 1.165) is 25.7 Å². The molecule has 2 aromatic carbocycles. The number of nitrogens with one attached hydrogen (secondary N) is 3. The Morgan fingerprint density at radius 3 is 2.33 bits per heavy atom. The van der Waals surface area contributed by atoms with Gasteiger partial charge in [-0.3, -0.25) is 14.9 Å². The molecule has 0 unspecified atom stereocenters. The van der Waals surface area contributed by atoms with E-state index in [2.05, 4.69) is 30.9 Å². The van der Waals surface area contributed by atoms with Crippen molar-refractivity contribution in [2.75, 3.05) is 23.1 Å². The van der Waals surface area contributed by atoms with Crippen molar-refractivity contribution in [2.45, 2.75) is 44.6 Å². The number of rotatable bonds is 7. The number of nitrogens with zero attached hydrogens (tertiary/aromatic N) is 2. The normalized spacial score (nSPS) is 17.1. The molecule has 1 heterocycles. The van der Waals surface area contributed by atoms with Gasteiger partial charge in [0.2, 0.25) is 0 Å². The number of methoxy groups -OCH3 is 1. The number of carbonyl (C=O) groups excluding carboxylic acids is 3. The van der Waals surface area contributed by atoms with Gasteiger partial charge in [0.25, 0.3) is 0 Å². The third kappa shape index (κ3) is 6.59. The standard InChI is InChI=1S/C25H27N5O6/c1-15(31)35-21-12-8-17(9-13-21)16-6-10-18(11-7-16)26-22(32)23-29-30-24(36-23)27-19-4-3-5-20(14-19)28-25(33)34-2/h3-7,10-11,14,17,21H,8-9,12-13H2,1-2H3,(H,26,32)(H,27,30)(H,28,33). The average Bonchev–Trinajstić information content (AvgIpc) is 3.33. The number of carbonyl (C=O) groups is 3. The smallest absolute Gasteiger partial charge is 0.411 e. The molecule has 1 saturated carbocycles. The number of benzene rings is 2. The van der Waals surface area contributed by atoms with E-state index in [1.54, 1.807) is 24.3 Å². The van der Waals surface area contributed by atoms with E-state index in [-0.39, 0.29) is 24.0 Å². The van der Waals surface area contributed by atoms with E-state index in [1.807, 2.05) is 24.3 Å². The molecule has 1 aliphatic carbocycles. The maximum atomic E-state index is 12.6. The molecular weight excluding hydrogens is 466 g/mol. The first-order chi connectivity index (χ1) is 17.4. The number of esters is 1. The molecule has 3 aromatic rings. The summed E-state index contributed by atoms with van der Waals surface area (Å²) in [6.07, 6.45) is 3.01. The minimum absolute atomic E-state index is 0.00608. The van der Waals surface area contributed by atoms with Crippen molar-refractivity contribution in [3.05, 3.63) is 60.0 Å². The van der Waals surface area contributed by atoms with E-state index in [4.69, 9.17) is 9.15 Å². The number of amides is 2. The van der Waals surface area contributed by atoms with Crippen LogP contribution in [0.3, 0.4) is 0 Å². The van der Waals surface area contributed by atoms with Crippen LogP contribution in [0.4, 0.5) is 27.9 Å². The molecule has 0 spiro atoms. The van der Waals surface area contributed by atoms with Crippen LogP contribution in [-0.4, -0.2) is 41.4 Å². The summed E-state index contributed by atoms with van der Waals surface area (Å²) in [6.45, 7) is 1.44. The highest BCUT2D eigenvalue weighted by atomic mass is 16.5. The van der Waals surface area contributed by atoms with E-state index in [1.165, 1.54) is 19.6 Å². The summed E-state index contributed by atoms with van der Waals surface area (Å²) < 4.78 is 15.3. The summed E-state index contributed by atoms with van der Waals surface area (Å²) in [4.78, 5) is 35.1. The highest BCUT2D eigenvalue weighted by Crippen LogP contribution is 2.34. The summed E-state index contributed by atoms with van der Waals surface area (Å²) in [7, 11) is 1.27. The molecule has 1 aliphatic rings. The molecule has 1 aromatic heterocycles. The molecule has 36 heavy (non-hydrogen) atoms. The molecule has 3 N–H and O–H groups in total. The van der Waals surface area contributed by atoms with Crippen LogP contribution in [-0.2, 0) is 14.3 Å². The first-order valence-corrected chi connectivity index (χ1v) is 11.5. The molecule has 1 fully saturated rings. The van der Waals surface area contributed by atoms with Crippen LogP contribution in [0.1, 0.15) is 54.8 Å². The van der Waals surface area contributed by atoms with Crippen LogP contribution in [0, 0.1) is 0 Å². The highest BCUT2D eigenvalue weighted by molar-refractivity contribution is 6.00. The quantitative estimate of drug-likeness (QED) is 0.394. The van der Waals surface area contributed by atoms with Crippen molar-refractivity contribution in [1.29, 1.82) is 0 Å². The van der Waals surface area contributed by atoms with E-state index < -0.39 is 12.0 Å². The van der Waals surface area contributed by atoms with E-state index in [9.17, 15) is 14.4 Å². The second-order valence-corrected chi connectivity index (χ2v) is 8.39. The van der Waals surface area contributed by atoms with Gasteiger partial charge >= 0.3 is 29.9 Å². The molecule has 11 heteroatoms. The van der Waals surface area contributed by atoms with Gasteiger partial charge in [0, 0.05) is 24.0 Å². The fourth-order valence-electron chi connectivity index (χ4n) is 4.10. The van der Waals surface area contributed by atoms with Crippen molar-refractivity contribution >= 4 is 41.0 Å². The maximum absolute atomic E-state index is 12.6. The lowest BCUT2D eigenvalue weighted by molar-refractivity contribution is -0.147. The molecule has 0 atom stereocenters. The van der Waals surface area contributed by atoms with Crippen LogP contribution >= 0.6 is 0 Å². The van der Waals surface area contributed by atoms with Gasteiger partial charge in [0.15, 0.2) is 0 Å². The van der Waals surface area contributed by atoms with E-state index in [0.29, 0.717) is 23.0 Å². The molecule has 0 aliphatic heterocycles. The highest BCUT2D eigenvalue weighted by Gasteiger charge is 2.24. The number of hydrogen-bond acceptors (Lipinski definition) is 9. The SMILES string of the molecule is COC(=O)Nc1cccc(Nc2nnc(C(=O)Nc3ccc(C4CCC(OC(C)=O)CC4)cc3)o2)c1. The summed E-state index contributed by atoms with van der Waals surface area (Å²) in [6, 6.07) is 14.4. The predicted octanol–water partition coefficient (Wildman–Crippen LogP) is 4.83. The lowest BCUT2D eigenvalue weighted by atomic mass is 9.82. The predicted molar refractivity (Wildman–Crippen MR) is 131 cm³/mol. The van der Waals surface area contributed by atoms with Gasteiger partial charge in [-0.05, 0) is 67.5 Å². The van der Waals surface area contributed by atoms with Crippen LogP contribution in [0.25, 0.3) is 0 Å². The molecular formula is C25H27N5O6. The fraction of sp³-hybridized carbons (Fsp3) is 0.320. The Kier molecular flexibility index (Phi) is 7.79. The Bertz CT molecular complexity index is 1220. The fourth-order valence-corrected chi connectivity index (χ4v) is 4.10. The molecule has 2 amide bonds. The lowest BCUT2D eigenvalue weighted by Gasteiger charge is -2.28. The van der Waals surface area contributed by atoms with Gasteiger partial charge < -0.3 is 24.5 Å². The third-order valence-corrected chi connectivity index (χ3v) is 5.81. The van der Waals surface area contributed by atoms with Gasteiger partial charge in [-0.1, -0.05) is 23.3 Å². The van der Waals surface area contributed by atoms with Crippen molar-refractivity contribution in [3.63, 3.8) is 0 Å². The zero-order valence-corrected chi connectivity index (χ0v) is 19.9. The van der Waals surface area contributed by atoms with Crippen LogP contribution in [0.15, 0.2) is 52.9 Å². The number of aromatic nitrogens is 2. The first-order valence-electron chi connectivity index (χ1n) is 11.5. The zero-order chi connectivity index (χ0) is 25.5. The topological polar surface area (TPSA) is 145 Å². The first kappa shape index (κ1) is 24.7. The zero-order valence-electron chi connectivity index (χ0n) is 19.9. The molecule has 11 nitrogen and oxygen atoms in total. The Labute approximate surface area is 207 Å². The number of hydrogen-bond donors (Lipinski definition) is 3. The van der Waals surface area contributed by atoms with Crippen LogP contribution in [0.5, 0.6) is 0 Å². The summed E-state index contributed by atoms with van der Waals surface area (Å²) in [5.41, 5.74) is 2.86. The van der Waals surface area contributed by atoms with Gasteiger partial charge in [0.1, 0.15) is 6.10 Å². The van der Waals surface area contributed by atoms with Crippen molar-refractivity contribution in [1.82, 2.24) is 10.2 Å². The van der Waals surface area contributed by atoms with Crippen molar-refractivity contribution in [3.8, 4) is 0 Å². The summed E-state index contributed by atoms with van der Waals surface area (Å²) in [5.74, 6) is -0.571. The Morgan fingerprint density at radius 1 is 0.917 bits per heavy atom. The number of ether oxygens (including phenoxy) is 2. The Balaban J connectivity index is 1.31. The van der Waals surface area contributed by atoms with Gasteiger partial charge in [-0.2, -0.15) is 0 Å². The van der Waals surface area contributed by atoms with Gasteiger partial charge in [0.05, 0.1) is 7.11 Å². The number of anilines is 4. The summed E-state index contributed by atoms with van der Waals surface area (Å²) >= 11 is 0.